The molecule has 0 radical (unpaired) electrons. The highest BCUT2D eigenvalue weighted by molar-refractivity contribution is 5.71. The van der Waals surface area contributed by atoms with E-state index in [2.05, 4.69) is 99.8 Å². The van der Waals surface area contributed by atoms with Gasteiger partial charge in [0.05, 0.1) is 0 Å². The Kier molecular flexibility index (Phi) is 61.2. The first kappa shape index (κ1) is 72.6. The zero-order valence-corrected chi connectivity index (χ0v) is 50.3. The minimum atomic E-state index is -0.814. The maximum Gasteiger partial charge on any atom is 0.306 e. The molecule has 0 fully saturated rings. The van der Waals surface area contributed by atoms with Gasteiger partial charge in [0.1, 0.15) is 13.2 Å². The molecule has 0 aromatic rings. The van der Waals surface area contributed by atoms with E-state index in [-0.39, 0.29) is 37.5 Å². The van der Waals surface area contributed by atoms with E-state index < -0.39 is 6.10 Å². The molecule has 76 heavy (non-hydrogen) atoms. The van der Waals surface area contributed by atoms with Crippen LogP contribution in [0.3, 0.4) is 0 Å². The molecule has 0 saturated carbocycles. The summed E-state index contributed by atoms with van der Waals surface area (Å²) in [4.78, 5) is 38.1. The average molecular weight is 1060 g/mol. The molecule has 1 atom stereocenters. The fourth-order valence-corrected chi connectivity index (χ4v) is 9.29. The highest BCUT2D eigenvalue weighted by atomic mass is 16.6. The lowest BCUT2D eigenvalue weighted by atomic mass is 10.0. The van der Waals surface area contributed by atoms with E-state index in [9.17, 15) is 14.4 Å². The van der Waals surface area contributed by atoms with Crippen LogP contribution in [0, 0.1) is 0 Å². The number of allylic oxidation sites excluding steroid dienone is 14. The second kappa shape index (κ2) is 64.1. The molecule has 0 aliphatic heterocycles. The second-order valence-corrected chi connectivity index (χ2v) is 21.6. The smallest absolute Gasteiger partial charge is 0.306 e. The van der Waals surface area contributed by atoms with Gasteiger partial charge in [-0.3, -0.25) is 14.4 Å². The van der Waals surface area contributed by atoms with Gasteiger partial charge < -0.3 is 14.2 Å². The van der Waals surface area contributed by atoms with Crippen LogP contribution in [0.1, 0.15) is 323 Å². The maximum absolute atomic E-state index is 12.8. The molecule has 6 heteroatoms. The van der Waals surface area contributed by atoms with E-state index in [1.54, 1.807) is 0 Å². The van der Waals surface area contributed by atoms with Gasteiger partial charge in [-0.15, -0.1) is 0 Å². The maximum atomic E-state index is 12.8. The first-order valence-electron chi connectivity index (χ1n) is 32.6. The van der Waals surface area contributed by atoms with Crippen LogP contribution >= 0.6 is 0 Å². The van der Waals surface area contributed by atoms with Gasteiger partial charge in [0, 0.05) is 19.3 Å². The molecule has 0 heterocycles. The van der Waals surface area contributed by atoms with Crippen LogP contribution in [-0.2, 0) is 28.6 Å². The summed E-state index contributed by atoms with van der Waals surface area (Å²) >= 11 is 0. The van der Waals surface area contributed by atoms with Crippen molar-refractivity contribution in [3.63, 3.8) is 0 Å². The minimum absolute atomic E-state index is 0.104. The van der Waals surface area contributed by atoms with E-state index in [1.807, 2.05) is 6.08 Å². The van der Waals surface area contributed by atoms with Crippen molar-refractivity contribution in [2.75, 3.05) is 13.2 Å². The van der Waals surface area contributed by atoms with Gasteiger partial charge in [-0.2, -0.15) is 0 Å². The number of ether oxygens (including phenoxy) is 3. The highest BCUT2D eigenvalue weighted by Crippen LogP contribution is 2.17. The van der Waals surface area contributed by atoms with Crippen molar-refractivity contribution in [2.45, 2.75) is 329 Å². The molecule has 0 aliphatic rings. The van der Waals surface area contributed by atoms with Gasteiger partial charge in [0.15, 0.2) is 6.10 Å². The zero-order chi connectivity index (χ0) is 55.0. The topological polar surface area (TPSA) is 78.9 Å². The number of esters is 3. The summed E-state index contributed by atoms with van der Waals surface area (Å²) in [5.74, 6) is -0.983. The number of hydrogen-bond acceptors (Lipinski definition) is 6. The van der Waals surface area contributed by atoms with E-state index in [4.69, 9.17) is 14.2 Å². The predicted molar refractivity (Wildman–Crippen MR) is 330 cm³/mol. The molecular weight excluding hydrogens is 937 g/mol. The number of unbranched alkanes of at least 4 members (excludes halogenated alkanes) is 34. The SMILES string of the molecule is CC/C=C\C/C=C\C/C=C\C/C=C\C/C=C\C/C=C\CCC(=O)OC(COC(=O)CCCCCCCCCC)COC(=O)CCCCCCCCCCCCCCCCCCCCC/C=C\CCCCCCCCCC. The molecule has 0 N–H and O–H groups in total. The Labute approximate surface area is 471 Å². The van der Waals surface area contributed by atoms with Crippen LogP contribution in [0.5, 0.6) is 0 Å². The zero-order valence-electron chi connectivity index (χ0n) is 50.3. The van der Waals surface area contributed by atoms with Crippen molar-refractivity contribution in [1.29, 1.82) is 0 Å². The molecule has 0 aromatic carbocycles. The largest absolute Gasteiger partial charge is 0.462 e. The van der Waals surface area contributed by atoms with Crippen LogP contribution in [0.4, 0.5) is 0 Å². The molecule has 6 nitrogen and oxygen atoms in total. The molecule has 0 amide bonds. The summed E-state index contributed by atoms with van der Waals surface area (Å²) in [5.41, 5.74) is 0. The molecule has 1 unspecified atom stereocenters. The predicted octanol–water partition coefficient (Wildman–Crippen LogP) is 22.3. The molecule has 0 aromatic heterocycles. The summed E-state index contributed by atoms with van der Waals surface area (Å²) < 4.78 is 16.8. The summed E-state index contributed by atoms with van der Waals surface area (Å²) in [6, 6.07) is 0. The monoisotopic (exact) mass is 1060 g/mol. The Bertz CT molecular complexity index is 1450. The van der Waals surface area contributed by atoms with E-state index >= 15 is 0 Å². The molecule has 0 saturated heterocycles. The Morgan fingerprint density at radius 1 is 0.276 bits per heavy atom. The van der Waals surface area contributed by atoms with E-state index in [1.165, 1.54) is 199 Å². The van der Waals surface area contributed by atoms with Gasteiger partial charge in [0.2, 0.25) is 0 Å². The third-order valence-corrected chi connectivity index (χ3v) is 14.1. The van der Waals surface area contributed by atoms with Crippen molar-refractivity contribution < 1.29 is 28.6 Å². The summed E-state index contributed by atoms with van der Waals surface area (Å²) in [7, 11) is 0. The third-order valence-electron chi connectivity index (χ3n) is 14.1. The van der Waals surface area contributed by atoms with Gasteiger partial charge in [-0.25, -0.2) is 0 Å². The second-order valence-electron chi connectivity index (χ2n) is 21.6. The third kappa shape index (κ3) is 61.4. The van der Waals surface area contributed by atoms with Crippen molar-refractivity contribution in [1.82, 2.24) is 0 Å². The summed E-state index contributed by atoms with van der Waals surface area (Å²) in [6.45, 7) is 6.46. The fourth-order valence-electron chi connectivity index (χ4n) is 9.29. The molecule has 0 rings (SSSR count). The van der Waals surface area contributed by atoms with Crippen LogP contribution < -0.4 is 0 Å². The Hall–Kier alpha value is -3.41. The van der Waals surface area contributed by atoms with Gasteiger partial charge in [-0.05, 0) is 83.5 Å². The number of rotatable bonds is 59. The van der Waals surface area contributed by atoms with Crippen molar-refractivity contribution in [2.24, 2.45) is 0 Å². The Balaban J connectivity index is 4.14. The fraction of sp³-hybridized carbons (Fsp3) is 0.757. The lowest BCUT2D eigenvalue weighted by Gasteiger charge is -2.18. The normalized spacial score (nSPS) is 12.6. The Morgan fingerprint density at radius 3 is 0.855 bits per heavy atom. The van der Waals surface area contributed by atoms with Gasteiger partial charge in [0.25, 0.3) is 0 Å². The quantitative estimate of drug-likeness (QED) is 0.0261. The number of hydrogen-bond donors (Lipinski definition) is 0. The van der Waals surface area contributed by atoms with E-state index in [0.29, 0.717) is 19.3 Å². The summed E-state index contributed by atoms with van der Waals surface area (Å²) in [5, 5.41) is 0. The first-order valence-corrected chi connectivity index (χ1v) is 32.6. The lowest BCUT2D eigenvalue weighted by molar-refractivity contribution is -0.166. The molecule has 0 aliphatic carbocycles. The minimum Gasteiger partial charge on any atom is -0.462 e. The van der Waals surface area contributed by atoms with Crippen molar-refractivity contribution in [3.8, 4) is 0 Å². The molecular formula is C70H122O6. The molecule has 438 valence electrons. The van der Waals surface area contributed by atoms with Crippen LogP contribution in [0.2, 0.25) is 0 Å². The van der Waals surface area contributed by atoms with Gasteiger partial charge in [-0.1, -0.05) is 305 Å². The molecule has 0 bridgehead atoms. The van der Waals surface area contributed by atoms with Crippen molar-refractivity contribution in [3.05, 3.63) is 85.1 Å². The average Bonchev–Trinajstić information content (AvgIpc) is 3.42. The number of carbonyl (C=O) groups excluding carboxylic acids is 3. The van der Waals surface area contributed by atoms with Gasteiger partial charge >= 0.3 is 17.9 Å². The molecule has 0 spiro atoms. The van der Waals surface area contributed by atoms with E-state index in [0.717, 1.165) is 77.0 Å². The lowest BCUT2D eigenvalue weighted by Crippen LogP contribution is -2.30. The summed E-state index contributed by atoms with van der Waals surface area (Å²) in [6.07, 6.45) is 85.0. The van der Waals surface area contributed by atoms with Crippen molar-refractivity contribution >= 4 is 17.9 Å². The van der Waals surface area contributed by atoms with Crippen LogP contribution in [-0.4, -0.2) is 37.2 Å². The van der Waals surface area contributed by atoms with Crippen LogP contribution in [0.15, 0.2) is 85.1 Å². The standard InChI is InChI=1S/C70H122O6/c1-4-7-10-13-16-19-21-23-25-27-29-30-31-32-33-34-35-36-37-38-39-40-42-43-45-47-49-51-54-57-60-63-69(72)75-66-67(65-74-68(71)62-59-56-53-18-15-12-9-6-3)76-70(73)64-61-58-55-52-50-48-46-44-41-28-26-24-22-20-17-14-11-8-5-2/h8,11,17,20,24,26-27,29,41,44,48,50,55,58,67H,4-7,9-10,12-16,18-19,21-23,25,28,30-40,42-43,45-47,49,51-54,56-57,59-66H2,1-3H3/b11-8-,20-17-,26-24-,29-27-,44-41-,50-48-,58-55-. The van der Waals surface area contributed by atoms with Crippen LogP contribution in [0.25, 0.3) is 0 Å². The Morgan fingerprint density at radius 2 is 0.539 bits per heavy atom. The number of carbonyl (C=O) groups is 3. The highest BCUT2D eigenvalue weighted by Gasteiger charge is 2.19. The first-order chi connectivity index (χ1) is 37.5.